The van der Waals surface area contributed by atoms with Crippen LogP contribution >= 0.6 is 0 Å². The molecule has 1 aromatic carbocycles. The van der Waals surface area contributed by atoms with Gasteiger partial charge in [0.2, 0.25) is 0 Å². The lowest BCUT2D eigenvalue weighted by Crippen LogP contribution is -2.73. The van der Waals surface area contributed by atoms with Crippen LogP contribution in [0.3, 0.4) is 0 Å². The number of ether oxygens (including phenoxy) is 2. The van der Waals surface area contributed by atoms with E-state index in [2.05, 4.69) is 33.8 Å². The fourth-order valence-corrected chi connectivity index (χ4v) is 3.73. The molecule has 1 aliphatic carbocycles. The van der Waals surface area contributed by atoms with Gasteiger partial charge in [0.15, 0.2) is 0 Å². The molecule has 21 heavy (non-hydrogen) atoms. The van der Waals surface area contributed by atoms with E-state index in [1.54, 1.807) is 13.2 Å². The predicted molar refractivity (Wildman–Crippen MR) is 82.4 cm³/mol. The lowest BCUT2D eigenvalue weighted by molar-refractivity contribution is -0.155. The molecule has 0 amide bonds. The predicted octanol–water partition coefficient (Wildman–Crippen LogP) is 3.02. The van der Waals surface area contributed by atoms with Crippen molar-refractivity contribution in [2.24, 2.45) is 16.6 Å². The summed E-state index contributed by atoms with van der Waals surface area (Å²) in [6.07, 6.45) is 0.0244. The van der Waals surface area contributed by atoms with Gasteiger partial charge in [0.25, 0.3) is 0 Å². The molecule has 0 aliphatic heterocycles. The highest BCUT2D eigenvalue weighted by Gasteiger charge is 2.62. The van der Waals surface area contributed by atoms with E-state index in [9.17, 15) is 0 Å². The van der Waals surface area contributed by atoms with Crippen LogP contribution in [0.5, 0.6) is 11.5 Å². The summed E-state index contributed by atoms with van der Waals surface area (Å²) in [4.78, 5) is 0. The van der Waals surface area contributed by atoms with Gasteiger partial charge in [-0.25, -0.2) is 0 Å². The average molecular weight is 288 g/mol. The van der Waals surface area contributed by atoms with Gasteiger partial charge in [-0.2, -0.15) is 5.26 Å². The third-order valence-corrected chi connectivity index (χ3v) is 4.88. The van der Waals surface area contributed by atoms with Crippen molar-refractivity contribution in [1.29, 1.82) is 5.26 Å². The molecule has 2 rings (SSSR count). The molecule has 0 saturated heterocycles. The maximum absolute atomic E-state index is 9.12. The fraction of sp³-hybridized carbons (Fsp3) is 0.588. The van der Waals surface area contributed by atoms with Crippen molar-refractivity contribution in [2.45, 2.75) is 46.8 Å². The standard InChI is InChI=1S/C17H24N2O2/c1-10-12(8-7-11(9-18)13(10)20-6)21-15-16(2,3)14(19)17(15,4)5/h7-8,14-15H,19H2,1-6H3. The summed E-state index contributed by atoms with van der Waals surface area (Å²) in [6.45, 7) is 10.4. The lowest BCUT2D eigenvalue weighted by Gasteiger charge is -2.61. The summed E-state index contributed by atoms with van der Waals surface area (Å²) in [5.41, 5.74) is 7.47. The third kappa shape index (κ3) is 2.16. The number of rotatable bonds is 3. The zero-order chi connectivity index (χ0) is 16.0. The van der Waals surface area contributed by atoms with Crippen LogP contribution in [0.4, 0.5) is 0 Å². The second-order valence-electron chi connectivity index (χ2n) is 7.00. The number of nitriles is 1. The Morgan fingerprint density at radius 3 is 2.24 bits per heavy atom. The first-order chi connectivity index (χ1) is 9.67. The minimum atomic E-state index is -0.0862. The van der Waals surface area contributed by atoms with Crippen LogP contribution in [-0.2, 0) is 0 Å². The second-order valence-corrected chi connectivity index (χ2v) is 7.00. The molecule has 1 aromatic rings. The number of nitrogens with zero attached hydrogens (tertiary/aromatic N) is 1. The third-order valence-electron chi connectivity index (χ3n) is 4.88. The van der Waals surface area contributed by atoms with E-state index in [1.807, 2.05) is 13.0 Å². The Balaban J connectivity index is 2.36. The molecule has 0 unspecified atom stereocenters. The van der Waals surface area contributed by atoms with Crippen molar-refractivity contribution >= 4 is 0 Å². The molecule has 0 radical (unpaired) electrons. The van der Waals surface area contributed by atoms with E-state index in [4.69, 9.17) is 20.5 Å². The molecule has 0 atom stereocenters. The lowest BCUT2D eigenvalue weighted by atomic mass is 9.50. The Kier molecular flexibility index (Phi) is 3.67. The average Bonchev–Trinajstić information content (AvgIpc) is 2.44. The highest BCUT2D eigenvalue weighted by Crippen LogP contribution is 2.54. The number of methoxy groups -OCH3 is 1. The van der Waals surface area contributed by atoms with Gasteiger partial charge in [-0.3, -0.25) is 0 Å². The van der Waals surface area contributed by atoms with Crippen LogP contribution in [-0.4, -0.2) is 19.3 Å². The maximum Gasteiger partial charge on any atom is 0.143 e. The summed E-state index contributed by atoms with van der Waals surface area (Å²) in [5, 5.41) is 9.12. The molecule has 0 heterocycles. The van der Waals surface area contributed by atoms with Gasteiger partial charge < -0.3 is 15.2 Å². The zero-order valence-corrected chi connectivity index (χ0v) is 13.7. The summed E-state index contributed by atoms with van der Waals surface area (Å²) in [6, 6.07) is 5.80. The molecule has 0 spiro atoms. The van der Waals surface area contributed by atoms with Crippen molar-refractivity contribution < 1.29 is 9.47 Å². The van der Waals surface area contributed by atoms with Crippen molar-refractivity contribution in [1.82, 2.24) is 0 Å². The molecule has 1 aliphatic rings. The quantitative estimate of drug-likeness (QED) is 0.928. The smallest absolute Gasteiger partial charge is 0.143 e. The van der Waals surface area contributed by atoms with Gasteiger partial charge in [0.05, 0.1) is 12.7 Å². The first kappa shape index (κ1) is 15.7. The highest BCUT2D eigenvalue weighted by molar-refractivity contribution is 5.54. The molecule has 4 heteroatoms. The first-order valence-electron chi connectivity index (χ1n) is 7.17. The van der Waals surface area contributed by atoms with Crippen molar-refractivity contribution in [2.75, 3.05) is 7.11 Å². The van der Waals surface area contributed by atoms with E-state index in [-0.39, 0.29) is 23.0 Å². The first-order valence-corrected chi connectivity index (χ1v) is 7.17. The molecule has 2 N–H and O–H groups in total. The molecular formula is C17H24N2O2. The molecule has 114 valence electrons. The minimum absolute atomic E-state index is 0.0244. The molecule has 4 nitrogen and oxygen atoms in total. The van der Waals surface area contributed by atoms with Gasteiger partial charge in [-0.15, -0.1) is 0 Å². The van der Waals surface area contributed by atoms with Crippen LogP contribution in [0.2, 0.25) is 0 Å². The number of hydrogen-bond acceptors (Lipinski definition) is 4. The normalized spacial score (nSPS) is 25.6. The number of benzene rings is 1. The van der Waals surface area contributed by atoms with Gasteiger partial charge >= 0.3 is 0 Å². The van der Waals surface area contributed by atoms with Crippen molar-refractivity contribution in [3.8, 4) is 17.6 Å². The minimum Gasteiger partial charge on any atom is -0.495 e. The second kappa shape index (κ2) is 4.92. The Bertz CT molecular complexity index is 584. The molecule has 1 fully saturated rings. The van der Waals surface area contributed by atoms with Crippen molar-refractivity contribution in [3.05, 3.63) is 23.3 Å². The Morgan fingerprint density at radius 2 is 1.76 bits per heavy atom. The topological polar surface area (TPSA) is 68.3 Å². The van der Waals surface area contributed by atoms with E-state index >= 15 is 0 Å². The van der Waals surface area contributed by atoms with Gasteiger partial charge in [0, 0.05) is 22.4 Å². The van der Waals surface area contributed by atoms with Gasteiger partial charge in [0.1, 0.15) is 23.7 Å². The highest BCUT2D eigenvalue weighted by atomic mass is 16.5. The maximum atomic E-state index is 9.12. The summed E-state index contributed by atoms with van der Waals surface area (Å²) in [7, 11) is 1.57. The summed E-state index contributed by atoms with van der Waals surface area (Å²) >= 11 is 0. The van der Waals surface area contributed by atoms with Crippen LogP contribution in [0, 0.1) is 29.1 Å². The molecule has 0 aromatic heterocycles. The van der Waals surface area contributed by atoms with E-state index in [1.165, 1.54) is 0 Å². The summed E-state index contributed by atoms with van der Waals surface area (Å²) < 4.78 is 11.6. The fourth-order valence-electron chi connectivity index (χ4n) is 3.73. The van der Waals surface area contributed by atoms with E-state index in [0.717, 1.165) is 11.3 Å². The van der Waals surface area contributed by atoms with Gasteiger partial charge in [-0.1, -0.05) is 27.7 Å². The Morgan fingerprint density at radius 1 is 1.19 bits per heavy atom. The van der Waals surface area contributed by atoms with Crippen LogP contribution in [0.15, 0.2) is 12.1 Å². The number of nitrogens with two attached hydrogens (primary N) is 1. The summed E-state index contributed by atoms with van der Waals surface area (Å²) in [5.74, 6) is 1.33. The van der Waals surface area contributed by atoms with Crippen LogP contribution in [0.25, 0.3) is 0 Å². The Hall–Kier alpha value is -1.73. The van der Waals surface area contributed by atoms with E-state index < -0.39 is 0 Å². The molecule has 1 saturated carbocycles. The molecular weight excluding hydrogens is 264 g/mol. The SMILES string of the molecule is COc1c(C#N)ccc(OC2C(C)(C)C(N)C2(C)C)c1C. The van der Waals surface area contributed by atoms with Crippen LogP contribution < -0.4 is 15.2 Å². The van der Waals surface area contributed by atoms with Gasteiger partial charge in [-0.05, 0) is 19.1 Å². The monoisotopic (exact) mass is 288 g/mol. The molecule has 0 bridgehead atoms. The van der Waals surface area contributed by atoms with Crippen molar-refractivity contribution in [3.63, 3.8) is 0 Å². The Labute approximate surface area is 126 Å². The number of hydrogen-bond donors (Lipinski definition) is 1. The largest absolute Gasteiger partial charge is 0.495 e. The van der Waals surface area contributed by atoms with Crippen LogP contribution in [0.1, 0.15) is 38.8 Å². The van der Waals surface area contributed by atoms with E-state index in [0.29, 0.717) is 11.3 Å². The zero-order valence-electron chi connectivity index (χ0n) is 13.7.